The molecule has 0 aliphatic carbocycles. The molecule has 0 unspecified atom stereocenters. The van der Waals surface area contributed by atoms with Crippen LogP contribution in [0.15, 0.2) is 83.2 Å². The lowest BCUT2D eigenvalue weighted by Crippen LogP contribution is -2.68. The Hall–Kier alpha value is -4.46. The summed E-state index contributed by atoms with van der Waals surface area (Å²) < 4.78 is 12.8. The molecular weight excluding hydrogens is 484 g/mol. The molecule has 0 N–H and O–H groups in total. The number of hydrogen-bond acceptors (Lipinski definition) is 3. The Morgan fingerprint density at radius 2 is 1.44 bits per heavy atom. The van der Waals surface area contributed by atoms with E-state index in [2.05, 4.69) is 127 Å². The van der Waals surface area contributed by atoms with Crippen LogP contribution in [0.1, 0.15) is 11.4 Å². The Bertz CT molecular complexity index is 1890. The first-order valence-electron chi connectivity index (χ1n) is 13.9. The van der Waals surface area contributed by atoms with Crippen LogP contribution in [-0.2, 0) is 5.91 Å². The number of amidine groups is 1. The van der Waals surface area contributed by atoms with Crippen LogP contribution >= 0.6 is 0 Å². The highest BCUT2D eigenvalue weighted by Gasteiger charge is 2.81. The van der Waals surface area contributed by atoms with Crippen LogP contribution in [0.25, 0.3) is 11.6 Å². The maximum absolute atomic E-state index is 2.60. The summed E-state index contributed by atoms with van der Waals surface area (Å²) in [5, 5.41) is 0. The fourth-order valence-corrected chi connectivity index (χ4v) is 8.37. The van der Waals surface area contributed by atoms with E-state index in [-0.39, 0.29) is 0 Å². The summed E-state index contributed by atoms with van der Waals surface area (Å²) in [6, 6.07) is 4.66. The van der Waals surface area contributed by atoms with E-state index in [4.69, 9.17) is 0 Å². The topological polar surface area (TPSA) is 26.7 Å². The van der Waals surface area contributed by atoms with Crippen molar-refractivity contribution in [2.75, 3.05) is 54.4 Å². The smallest absolute Gasteiger partial charge is 0.359 e. The second-order valence-electron chi connectivity index (χ2n) is 11.9. The summed E-state index contributed by atoms with van der Waals surface area (Å²) in [6.07, 6.45) is 18.7. The van der Waals surface area contributed by atoms with Gasteiger partial charge >= 0.3 is 5.91 Å². The molecule has 10 rings (SSSR count). The highest BCUT2D eigenvalue weighted by atomic mass is 15.6. The van der Waals surface area contributed by atoms with Crippen molar-refractivity contribution in [2.45, 2.75) is 5.91 Å². The van der Waals surface area contributed by atoms with E-state index in [0.717, 1.165) is 26.2 Å². The SMILES string of the molecule is CN1CCN(C)C1=C1C2=[N+]3C(=CC4=[N+]5C(=C(C6=[N+](C)CCN6C)C6=[N+]7C(=Cc8ccc1n8[C@]573)C=C6)C=C4)C=C2. The van der Waals surface area contributed by atoms with Gasteiger partial charge in [0.25, 0.3) is 5.84 Å². The van der Waals surface area contributed by atoms with Gasteiger partial charge in [-0.05, 0) is 25.9 Å². The van der Waals surface area contributed by atoms with Crippen molar-refractivity contribution in [3.63, 3.8) is 0 Å². The van der Waals surface area contributed by atoms with Crippen LogP contribution < -0.4 is 0 Å². The predicted octanol–water partition coefficient (Wildman–Crippen LogP) is 1.19. The lowest BCUT2D eigenvalue weighted by atomic mass is 9.98. The van der Waals surface area contributed by atoms with Gasteiger partial charge < -0.3 is 9.80 Å². The van der Waals surface area contributed by atoms with Gasteiger partial charge in [-0.3, -0.25) is 9.48 Å². The van der Waals surface area contributed by atoms with Crippen molar-refractivity contribution in [1.82, 2.24) is 19.3 Å². The van der Waals surface area contributed by atoms with Gasteiger partial charge in [-0.15, -0.1) is 0 Å². The molecule has 0 radical (unpaired) electrons. The fraction of sp³-hybridized carbons (Fsp3) is 0.290. The molecule has 8 heteroatoms. The van der Waals surface area contributed by atoms with Crippen molar-refractivity contribution >= 4 is 34.6 Å². The van der Waals surface area contributed by atoms with Gasteiger partial charge in [0.1, 0.15) is 24.5 Å². The molecule has 39 heavy (non-hydrogen) atoms. The van der Waals surface area contributed by atoms with Crippen LogP contribution in [0.2, 0.25) is 0 Å². The molecule has 1 spiro atoms. The third-order valence-corrected chi connectivity index (χ3v) is 9.90. The van der Waals surface area contributed by atoms with Gasteiger partial charge in [0, 0.05) is 69.7 Å². The van der Waals surface area contributed by atoms with E-state index in [1.807, 2.05) is 0 Å². The van der Waals surface area contributed by atoms with Crippen LogP contribution in [0, 0.1) is 0 Å². The predicted molar refractivity (Wildman–Crippen MR) is 150 cm³/mol. The summed E-state index contributed by atoms with van der Waals surface area (Å²) in [5.41, 5.74) is 12.7. The maximum atomic E-state index is 2.60. The van der Waals surface area contributed by atoms with E-state index in [1.54, 1.807) is 0 Å². The van der Waals surface area contributed by atoms with Crippen molar-refractivity contribution in [2.24, 2.45) is 0 Å². The van der Waals surface area contributed by atoms with E-state index in [1.165, 1.54) is 68.4 Å². The quantitative estimate of drug-likeness (QED) is 0.527. The molecule has 10 heterocycles. The minimum Gasteiger partial charge on any atom is -0.359 e. The summed E-state index contributed by atoms with van der Waals surface area (Å²) in [5.74, 6) is 2.02. The zero-order chi connectivity index (χ0) is 25.9. The number of likely N-dealkylation sites (N-methyl/N-ethyl adjacent to an activating group) is 4. The second kappa shape index (κ2) is 6.22. The van der Waals surface area contributed by atoms with Crippen molar-refractivity contribution in [1.29, 1.82) is 0 Å². The standard InChI is InChI=1S/C31H30N8/c1-32-13-14-33(2)29(32)27-23-9-5-19-17-21-7-11-25-28(30-34(3)15-16-35(30)4)26-12-8-22-18-20-6-10-24(27)37(20)31(36(19)23,38(21)25)39(22)26/h5-12,17-18H,13-16H2,1-4H3/q+4/t31-/m1/s1. The summed E-state index contributed by atoms with van der Waals surface area (Å²) in [7, 11) is 8.91. The van der Waals surface area contributed by atoms with Crippen molar-refractivity contribution in [3.05, 3.63) is 94.5 Å². The van der Waals surface area contributed by atoms with E-state index >= 15 is 0 Å². The molecule has 1 fully saturated rings. The maximum Gasteiger partial charge on any atom is 0.667 e. The normalized spacial score (nSPS) is 28.5. The Morgan fingerprint density at radius 3 is 2.15 bits per heavy atom. The van der Waals surface area contributed by atoms with Gasteiger partial charge in [0.05, 0.1) is 31.6 Å². The lowest BCUT2D eigenvalue weighted by Gasteiger charge is -2.35. The van der Waals surface area contributed by atoms with Crippen LogP contribution in [-0.4, -0.2) is 115 Å². The molecule has 9 aliphatic rings. The number of aromatic nitrogens is 1. The average Bonchev–Trinajstić information content (AvgIpc) is 3.76. The first kappa shape index (κ1) is 20.5. The first-order chi connectivity index (χ1) is 19.0. The van der Waals surface area contributed by atoms with Gasteiger partial charge in [0.15, 0.2) is 0 Å². The highest BCUT2D eigenvalue weighted by Crippen LogP contribution is 2.52. The Morgan fingerprint density at radius 1 is 0.718 bits per heavy atom. The fourth-order valence-electron chi connectivity index (χ4n) is 8.37. The Kier molecular flexibility index (Phi) is 3.27. The first-order valence-corrected chi connectivity index (χ1v) is 13.9. The molecule has 1 saturated heterocycles. The molecule has 0 amide bonds. The minimum atomic E-state index is -0.590. The zero-order valence-electron chi connectivity index (χ0n) is 22.7. The third kappa shape index (κ3) is 1.99. The second-order valence-corrected chi connectivity index (χ2v) is 11.9. The molecule has 0 aromatic carbocycles. The molecule has 8 nitrogen and oxygen atoms in total. The molecule has 0 saturated carbocycles. The van der Waals surface area contributed by atoms with E-state index < -0.39 is 5.91 Å². The average molecular weight is 515 g/mol. The third-order valence-electron chi connectivity index (χ3n) is 9.90. The number of rotatable bonds is 1. The van der Waals surface area contributed by atoms with Gasteiger partial charge in [-0.25, -0.2) is 0 Å². The summed E-state index contributed by atoms with van der Waals surface area (Å²) >= 11 is 0. The number of hydrogen-bond donors (Lipinski definition) is 0. The number of allylic oxidation sites excluding steroid dienone is 8. The molecule has 190 valence electrons. The lowest BCUT2D eigenvalue weighted by molar-refractivity contribution is -1.00. The Labute approximate surface area is 227 Å². The molecule has 1 aromatic rings. The monoisotopic (exact) mass is 514 g/mol. The summed E-state index contributed by atoms with van der Waals surface area (Å²) in [6.45, 7) is 4.15. The largest absolute Gasteiger partial charge is 0.667 e. The van der Waals surface area contributed by atoms with Gasteiger partial charge in [-0.1, -0.05) is 0 Å². The zero-order valence-corrected chi connectivity index (χ0v) is 22.7. The molecular formula is C31H30N8+4. The van der Waals surface area contributed by atoms with Crippen molar-refractivity contribution in [3.8, 4) is 0 Å². The van der Waals surface area contributed by atoms with Crippen LogP contribution in [0.5, 0.6) is 0 Å². The minimum absolute atomic E-state index is 0.590. The van der Waals surface area contributed by atoms with E-state index in [9.17, 15) is 0 Å². The van der Waals surface area contributed by atoms with Crippen molar-refractivity contribution < 1.29 is 18.3 Å². The van der Waals surface area contributed by atoms with Gasteiger partial charge in [0.2, 0.25) is 39.8 Å². The molecule has 0 bridgehead atoms. The van der Waals surface area contributed by atoms with Crippen LogP contribution in [0.3, 0.4) is 0 Å². The molecule has 1 atom stereocenters. The molecule has 1 aromatic heterocycles. The molecule has 9 aliphatic heterocycles. The highest BCUT2D eigenvalue weighted by molar-refractivity contribution is 6.29. The van der Waals surface area contributed by atoms with Gasteiger partial charge in [-0.2, -0.15) is 4.57 Å². The van der Waals surface area contributed by atoms with Crippen LogP contribution in [0.4, 0.5) is 0 Å². The number of nitrogens with zero attached hydrogens (tertiary/aromatic N) is 8. The Balaban J connectivity index is 1.40. The van der Waals surface area contributed by atoms with E-state index in [0.29, 0.717) is 0 Å². The summed E-state index contributed by atoms with van der Waals surface area (Å²) in [4.78, 5) is 7.25.